The fourth-order valence-electron chi connectivity index (χ4n) is 5.07. The molecule has 1 aliphatic heterocycles. The molecule has 0 bridgehead atoms. The number of likely N-dealkylation sites (tertiary alicyclic amines) is 1. The predicted octanol–water partition coefficient (Wildman–Crippen LogP) is 5.30. The lowest BCUT2D eigenvalue weighted by atomic mass is 9.94. The van der Waals surface area contributed by atoms with Gasteiger partial charge >= 0.3 is 0 Å². The topological polar surface area (TPSA) is 62.6 Å². The standard InChI is InChI=1S/C28H30N2O3/c1-19-26-24(31)9-6-10-25(26)33-27(19)28(32)29-17-22-7-2-3-8-23(22)21-13-11-20(12-14-21)18-30-15-4-5-16-30/h2-3,7-8,11-14H,4-6,9-10,15-18H2,1H3,(H,29,32). The van der Waals surface area contributed by atoms with E-state index < -0.39 is 0 Å². The van der Waals surface area contributed by atoms with Gasteiger partial charge in [0.15, 0.2) is 11.5 Å². The summed E-state index contributed by atoms with van der Waals surface area (Å²) in [5.41, 5.74) is 5.90. The molecule has 1 fully saturated rings. The zero-order chi connectivity index (χ0) is 22.8. The molecule has 2 aliphatic rings. The van der Waals surface area contributed by atoms with Crippen molar-refractivity contribution in [1.29, 1.82) is 0 Å². The van der Waals surface area contributed by atoms with Crippen molar-refractivity contribution in [2.24, 2.45) is 0 Å². The van der Waals surface area contributed by atoms with E-state index in [9.17, 15) is 9.59 Å². The van der Waals surface area contributed by atoms with Crippen LogP contribution in [0.25, 0.3) is 11.1 Å². The zero-order valence-corrected chi connectivity index (χ0v) is 19.2. The first-order chi connectivity index (χ1) is 16.1. The number of benzene rings is 2. The molecule has 0 saturated carbocycles. The van der Waals surface area contributed by atoms with Crippen molar-refractivity contribution in [3.05, 3.63) is 82.3 Å². The molecule has 1 saturated heterocycles. The average Bonchev–Trinajstić information content (AvgIpc) is 3.46. The molecule has 0 radical (unpaired) electrons. The number of amides is 1. The number of hydrogen-bond donors (Lipinski definition) is 1. The molecule has 5 rings (SSSR count). The first kappa shape index (κ1) is 21.7. The number of nitrogens with zero attached hydrogens (tertiary/aromatic N) is 1. The highest BCUT2D eigenvalue weighted by molar-refractivity contribution is 6.03. The molecule has 0 spiro atoms. The van der Waals surface area contributed by atoms with E-state index in [0.717, 1.165) is 29.7 Å². The Bertz CT molecular complexity index is 1170. The molecular formula is C28H30N2O3. The summed E-state index contributed by atoms with van der Waals surface area (Å²) in [6.07, 6.45) is 4.62. The van der Waals surface area contributed by atoms with Crippen LogP contribution in [-0.4, -0.2) is 29.7 Å². The average molecular weight is 443 g/mol. The lowest BCUT2D eigenvalue weighted by Gasteiger charge is -2.15. The van der Waals surface area contributed by atoms with Crippen LogP contribution in [0.2, 0.25) is 0 Å². The van der Waals surface area contributed by atoms with Crippen molar-refractivity contribution in [2.45, 2.75) is 52.1 Å². The number of carbonyl (C=O) groups is 2. The molecule has 0 atom stereocenters. The molecule has 1 aliphatic carbocycles. The van der Waals surface area contributed by atoms with Gasteiger partial charge in [-0.15, -0.1) is 0 Å². The number of hydrogen-bond acceptors (Lipinski definition) is 4. The fourth-order valence-corrected chi connectivity index (χ4v) is 5.07. The Hall–Kier alpha value is -3.18. The number of rotatable bonds is 6. The number of Topliss-reactive ketones (excluding diaryl/α,β-unsaturated/α-hetero) is 1. The third-order valence-electron chi connectivity index (χ3n) is 6.84. The van der Waals surface area contributed by atoms with Crippen molar-refractivity contribution in [1.82, 2.24) is 10.2 Å². The largest absolute Gasteiger partial charge is 0.455 e. The zero-order valence-electron chi connectivity index (χ0n) is 19.2. The highest BCUT2D eigenvalue weighted by Crippen LogP contribution is 2.30. The van der Waals surface area contributed by atoms with Crippen LogP contribution in [0.5, 0.6) is 0 Å². The molecule has 2 heterocycles. The summed E-state index contributed by atoms with van der Waals surface area (Å²) in [6, 6.07) is 16.9. The summed E-state index contributed by atoms with van der Waals surface area (Å²) in [5.74, 6) is 0.725. The summed E-state index contributed by atoms with van der Waals surface area (Å²) in [4.78, 5) is 27.6. The summed E-state index contributed by atoms with van der Waals surface area (Å²) in [6.45, 7) is 5.58. The quantitative estimate of drug-likeness (QED) is 0.563. The highest BCUT2D eigenvalue weighted by Gasteiger charge is 2.28. The van der Waals surface area contributed by atoms with Crippen LogP contribution in [0, 0.1) is 6.92 Å². The van der Waals surface area contributed by atoms with Crippen LogP contribution in [0.3, 0.4) is 0 Å². The van der Waals surface area contributed by atoms with E-state index in [1.807, 2.05) is 18.2 Å². The van der Waals surface area contributed by atoms with Gasteiger partial charge in [0.05, 0.1) is 5.56 Å². The van der Waals surface area contributed by atoms with Gasteiger partial charge in [0.25, 0.3) is 5.91 Å². The third kappa shape index (κ3) is 4.51. The second-order valence-electron chi connectivity index (χ2n) is 9.15. The number of ketones is 1. The Labute approximate surface area is 194 Å². The maximum Gasteiger partial charge on any atom is 0.287 e. The van der Waals surface area contributed by atoms with E-state index in [0.29, 0.717) is 36.3 Å². The van der Waals surface area contributed by atoms with Crippen LogP contribution in [0.1, 0.15) is 69.0 Å². The van der Waals surface area contributed by atoms with Crippen LogP contribution in [0.4, 0.5) is 0 Å². The Morgan fingerprint density at radius 2 is 1.76 bits per heavy atom. The fraction of sp³-hybridized carbons (Fsp3) is 0.357. The molecule has 5 heteroatoms. The molecule has 33 heavy (non-hydrogen) atoms. The molecule has 0 unspecified atom stereocenters. The molecule has 5 nitrogen and oxygen atoms in total. The Balaban J connectivity index is 1.30. The molecule has 3 aromatic rings. The molecule has 1 amide bonds. The Morgan fingerprint density at radius 1 is 1.00 bits per heavy atom. The minimum Gasteiger partial charge on any atom is -0.455 e. The lowest BCUT2D eigenvalue weighted by Crippen LogP contribution is -2.23. The number of carbonyl (C=O) groups excluding carboxylic acids is 2. The van der Waals surface area contributed by atoms with Crippen molar-refractivity contribution < 1.29 is 14.0 Å². The van der Waals surface area contributed by atoms with Gasteiger partial charge in [-0.05, 0) is 61.5 Å². The maximum atomic E-state index is 12.9. The monoisotopic (exact) mass is 442 g/mol. The number of fused-ring (bicyclic) bond motifs is 1. The number of nitrogens with one attached hydrogen (secondary N) is 1. The van der Waals surface area contributed by atoms with Crippen molar-refractivity contribution >= 4 is 11.7 Å². The molecule has 2 aromatic carbocycles. The summed E-state index contributed by atoms with van der Waals surface area (Å²) in [7, 11) is 0. The van der Waals surface area contributed by atoms with E-state index >= 15 is 0 Å². The minimum atomic E-state index is -0.273. The van der Waals surface area contributed by atoms with E-state index in [1.54, 1.807) is 6.92 Å². The lowest BCUT2D eigenvalue weighted by molar-refractivity contribution is 0.0917. The molecule has 1 aromatic heterocycles. The summed E-state index contributed by atoms with van der Waals surface area (Å²) < 4.78 is 5.80. The van der Waals surface area contributed by atoms with Crippen molar-refractivity contribution in [3.8, 4) is 11.1 Å². The van der Waals surface area contributed by atoms with E-state index in [-0.39, 0.29) is 17.5 Å². The van der Waals surface area contributed by atoms with Crippen molar-refractivity contribution in [2.75, 3.05) is 13.1 Å². The minimum absolute atomic E-state index is 0.0788. The molecular weight excluding hydrogens is 412 g/mol. The SMILES string of the molecule is Cc1c(C(=O)NCc2ccccc2-c2ccc(CN3CCCC3)cc2)oc2c1C(=O)CCC2. The van der Waals surface area contributed by atoms with Gasteiger partial charge in [-0.3, -0.25) is 14.5 Å². The normalized spacial score (nSPS) is 16.1. The molecule has 1 N–H and O–H groups in total. The smallest absolute Gasteiger partial charge is 0.287 e. The van der Waals surface area contributed by atoms with Gasteiger partial charge in [-0.2, -0.15) is 0 Å². The van der Waals surface area contributed by atoms with Gasteiger partial charge in [0.1, 0.15) is 5.76 Å². The second kappa shape index (κ2) is 9.36. The summed E-state index contributed by atoms with van der Waals surface area (Å²) >= 11 is 0. The van der Waals surface area contributed by atoms with Gasteiger partial charge < -0.3 is 9.73 Å². The predicted molar refractivity (Wildman–Crippen MR) is 128 cm³/mol. The number of furan rings is 1. The van der Waals surface area contributed by atoms with Gasteiger partial charge in [0, 0.05) is 31.5 Å². The van der Waals surface area contributed by atoms with E-state index in [2.05, 4.69) is 40.5 Å². The van der Waals surface area contributed by atoms with E-state index in [4.69, 9.17) is 4.42 Å². The van der Waals surface area contributed by atoms with Crippen LogP contribution in [0.15, 0.2) is 52.9 Å². The van der Waals surface area contributed by atoms with Crippen LogP contribution in [-0.2, 0) is 19.5 Å². The third-order valence-corrected chi connectivity index (χ3v) is 6.84. The van der Waals surface area contributed by atoms with Crippen LogP contribution < -0.4 is 5.32 Å². The second-order valence-corrected chi connectivity index (χ2v) is 9.15. The molecule has 170 valence electrons. The Kier molecular flexibility index (Phi) is 6.14. The highest BCUT2D eigenvalue weighted by atomic mass is 16.4. The first-order valence-corrected chi connectivity index (χ1v) is 11.9. The van der Waals surface area contributed by atoms with Gasteiger partial charge in [0.2, 0.25) is 0 Å². The Morgan fingerprint density at radius 3 is 2.52 bits per heavy atom. The van der Waals surface area contributed by atoms with E-state index in [1.165, 1.54) is 31.5 Å². The van der Waals surface area contributed by atoms with Gasteiger partial charge in [-0.25, -0.2) is 0 Å². The maximum absolute atomic E-state index is 12.9. The van der Waals surface area contributed by atoms with Crippen molar-refractivity contribution in [3.63, 3.8) is 0 Å². The first-order valence-electron chi connectivity index (χ1n) is 11.9. The van der Waals surface area contributed by atoms with Crippen LogP contribution >= 0.6 is 0 Å². The number of aryl methyl sites for hydroxylation is 1. The van der Waals surface area contributed by atoms with Gasteiger partial charge in [-0.1, -0.05) is 48.5 Å². The summed E-state index contributed by atoms with van der Waals surface area (Å²) in [5, 5.41) is 3.00.